The molecule has 0 radical (unpaired) electrons. The molecule has 1 aliphatic carbocycles. The van der Waals surface area contributed by atoms with Gasteiger partial charge in [0, 0.05) is 12.1 Å². The first-order chi connectivity index (χ1) is 9.70. The molecular weight excluding hydrogens is 254 g/mol. The van der Waals surface area contributed by atoms with Crippen LogP contribution in [0.3, 0.4) is 0 Å². The van der Waals surface area contributed by atoms with Gasteiger partial charge in [-0.3, -0.25) is 9.69 Å². The molecule has 4 heteroatoms. The van der Waals surface area contributed by atoms with Crippen molar-refractivity contribution in [3.05, 3.63) is 35.4 Å². The van der Waals surface area contributed by atoms with Crippen LogP contribution in [0.5, 0.6) is 0 Å². The Morgan fingerprint density at radius 2 is 1.95 bits per heavy atom. The van der Waals surface area contributed by atoms with Crippen LogP contribution in [0.2, 0.25) is 0 Å². The van der Waals surface area contributed by atoms with Gasteiger partial charge in [0.25, 0.3) is 0 Å². The van der Waals surface area contributed by atoms with Gasteiger partial charge in [0.15, 0.2) is 0 Å². The number of fused-ring (bicyclic) bond motifs is 1. The number of benzene rings is 1. The van der Waals surface area contributed by atoms with E-state index in [1.165, 1.54) is 11.1 Å². The van der Waals surface area contributed by atoms with E-state index in [0.29, 0.717) is 19.3 Å². The van der Waals surface area contributed by atoms with Crippen LogP contribution in [-0.2, 0) is 22.4 Å². The fraction of sp³-hybridized carbons (Fsp3) is 0.562. The fourth-order valence-electron chi connectivity index (χ4n) is 3.64. The van der Waals surface area contributed by atoms with Gasteiger partial charge < -0.3 is 9.84 Å². The molecule has 0 bridgehead atoms. The van der Waals surface area contributed by atoms with Crippen molar-refractivity contribution in [2.24, 2.45) is 5.92 Å². The van der Waals surface area contributed by atoms with E-state index in [0.717, 1.165) is 19.4 Å². The zero-order valence-corrected chi connectivity index (χ0v) is 11.8. The second kappa shape index (κ2) is 5.54. The zero-order valence-electron chi connectivity index (χ0n) is 11.8. The summed E-state index contributed by atoms with van der Waals surface area (Å²) in [5.41, 5.74) is 2.81. The maximum Gasteiger partial charge on any atom is 0.310 e. The van der Waals surface area contributed by atoms with Gasteiger partial charge in [0.1, 0.15) is 0 Å². The molecule has 1 aromatic carbocycles. The van der Waals surface area contributed by atoms with Crippen molar-refractivity contribution < 1.29 is 14.6 Å². The molecule has 4 nitrogen and oxygen atoms in total. The third kappa shape index (κ3) is 2.34. The molecule has 1 N–H and O–H groups in total. The zero-order chi connectivity index (χ0) is 14.1. The summed E-state index contributed by atoms with van der Waals surface area (Å²) in [5, 5.41) is 9.34. The normalized spacial score (nSPS) is 26.1. The van der Waals surface area contributed by atoms with E-state index in [1.807, 2.05) is 0 Å². The van der Waals surface area contributed by atoms with Crippen molar-refractivity contribution in [2.45, 2.75) is 31.8 Å². The summed E-state index contributed by atoms with van der Waals surface area (Å²) in [5.74, 6) is -1.12. The fourth-order valence-corrected chi connectivity index (χ4v) is 3.64. The van der Waals surface area contributed by atoms with Gasteiger partial charge in [-0.05, 0) is 30.5 Å². The average Bonchev–Trinajstić information content (AvgIpc) is 3.05. The van der Waals surface area contributed by atoms with E-state index in [9.17, 15) is 9.90 Å². The Morgan fingerprint density at radius 1 is 1.30 bits per heavy atom. The van der Waals surface area contributed by atoms with Crippen molar-refractivity contribution >= 4 is 5.97 Å². The highest BCUT2D eigenvalue weighted by molar-refractivity contribution is 5.71. The summed E-state index contributed by atoms with van der Waals surface area (Å²) in [7, 11) is 0. The number of nitrogens with zero attached hydrogens (tertiary/aromatic N) is 1. The third-order valence-corrected chi connectivity index (χ3v) is 4.66. The number of likely N-dealkylation sites (N-methyl/N-ethyl adjacent to an activating group) is 1. The predicted molar refractivity (Wildman–Crippen MR) is 75.8 cm³/mol. The number of hydrogen-bond acceptors (Lipinski definition) is 3. The van der Waals surface area contributed by atoms with Crippen LogP contribution in [0.25, 0.3) is 0 Å². The van der Waals surface area contributed by atoms with E-state index >= 15 is 0 Å². The van der Waals surface area contributed by atoms with Crippen molar-refractivity contribution in [2.75, 3.05) is 19.8 Å². The lowest BCUT2D eigenvalue weighted by atomic mass is 9.99. The second-order valence-electron chi connectivity index (χ2n) is 5.71. The first kappa shape index (κ1) is 13.6. The van der Waals surface area contributed by atoms with E-state index in [1.54, 1.807) is 0 Å². The Labute approximate surface area is 119 Å². The Balaban J connectivity index is 1.77. The van der Waals surface area contributed by atoms with Crippen LogP contribution in [0.4, 0.5) is 0 Å². The maximum atomic E-state index is 11.4. The van der Waals surface area contributed by atoms with E-state index in [-0.39, 0.29) is 6.04 Å². The van der Waals surface area contributed by atoms with E-state index in [2.05, 4.69) is 36.1 Å². The molecule has 1 saturated heterocycles. The molecule has 2 unspecified atom stereocenters. The summed E-state index contributed by atoms with van der Waals surface area (Å²) >= 11 is 0. The highest BCUT2D eigenvalue weighted by Gasteiger charge is 2.41. The number of carbonyl (C=O) groups is 1. The van der Waals surface area contributed by atoms with Crippen LogP contribution in [-0.4, -0.2) is 47.8 Å². The smallest absolute Gasteiger partial charge is 0.310 e. The second-order valence-corrected chi connectivity index (χ2v) is 5.71. The molecular formula is C16H21NO3. The summed E-state index contributed by atoms with van der Waals surface area (Å²) in [4.78, 5) is 13.7. The van der Waals surface area contributed by atoms with E-state index < -0.39 is 11.9 Å². The van der Waals surface area contributed by atoms with Gasteiger partial charge >= 0.3 is 5.97 Å². The molecule has 108 valence electrons. The topological polar surface area (TPSA) is 49.8 Å². The van der Waals surface area contributed by atoms with Crippen LogP contribution in [0.1, 0.15) is 18.1 Å². The van der Waals surface area contributed by atoms with Crippen molar-refractivity contribution in [3.63, 3.8) is 0 Å². The van der Waals surface area contributed by atoms with Gasteiger partial charge in [-0.2, -0.15) is 0 Å². The Bertz CT molecular complexity index is 477. The minimum Gasteiger partial charge on any atom is -0.481 e. The highest BCUT2D eigenvalue weighted by atomic mass is 16.5. The van der Waals surface area contributed by atoms with Crippen LogP contribution in [0.15, 0.2) is 24.3 Å². The molecule has 1 fully saturated rings. The quantitative estimate of drug-likeness (QED) is 0.906. The molecule has 0 aromatic heterocycles. The summed E-state index contributed by atoms with van der Waals surface area (Å²) < 4.78 is 5.43. The molecule has 20 heavy (non-hydrogen) atoms. The third-order valence-electron chi connectivity index (χ3n) is 4.66. The monoisotopic (exact) mass is 275 g/mol. The molecule has 3 rings (SSSR count). The lowest BCUT2D eigenvalue weighted by Crippen LogP contribution is -2.49. The number of carboxylic acid groups (broad SMARTS) is 1. The molecule has 0 amide bonds. The largest absolute Gasteiger partial charge is 0.481 e. The lowest BCUT2D eigenvalue weighted by Gasteiger charge is -2.34. The molecule has 0 spiro atoms. The van der Waals surface area contributed by atoms with Crippen molar-refractivity contribution in [1.82, 2.24) is 4.90 Å². The summed E-state index contributed by atoms with van der Waals surface area (Å²) in [6.07, 6.45) is 2.04. The SMILES string of the molecule is CCN(C1Cc2ccccc2C1)C1COCC1C(=O)O. The Kier molecular flexibility index (Phi) is 3.76. The maximum absolute atomic E-state index is 11.4. The molecule has 1 aliphatic heterocycles. The minimum absolute atomic E-state index is 0.0109. The Morgan fingerprint density at radius 3 is 2.50 bits per heavy atom. The number of ether oxygens (including phenoxy) is 1. The average molecular weight is 275 g/mol. The van der Waals surface area contributed by atoms with E-state index in [4.69, 9.17) is 4.74 Å². The standard InChI is InChI=1S/C16H21NO3/c1-2-17(15-10-20-9-14(15)16(18)19)13-7-11-5-3-4-6-12(11)8-13/h3-6,13-15H,2,7-10H2,1H3,(H,18,19). The molecule has 1 heterocycles. The number of hydrogen-bond donors (Lipinski definition) is 1. The first-order valence-corrected chi connectivity index (χ1v) is 7.33. The molecule has 2 aliphatic rings. The van der Waals surface area contributed by atoms with Crippen molar-refractivity contribution in [3.8, 4) is 0 Å². The highest BCUT2D eigenvalue weighted by Crippen LogP contribution is 2.30. The molecule has 1 aromatic rings. The number of rotatable bonds is 4. The van der Waals surface area contributed by atoms with Gasteiger partial charge in [0.05, 0.1) is 19.1 Å². The lowest BCUT2D eigenvalue weighted by molar-refractivity contribution is -0.143. The Hall–Kier alpha value is -1.39. The molecule has 2 atom stereocenters. The number of carboxylic acids is 1. The summed E-state index contributed by atoms with van der Waals surface area (Å²) in [6, 6.07) is 8.95. The van der Waals surface area contributed by atoms with Crippen molar-refractivity contribution in [1.29, 1.82) is 0 Å². The van der Waals surface area contributed by atoms with Gasteiger partial charge in [-0.15, -0.1) is 0 Å². The van der Waals surface area contributed by atoms with Crippen LogP contribution in [0, 0.1) is 5.92 Å². The molecule has 0 saturated carbocycles. The van der Waals surface area contributed by atoms with Gasteiger partial charge in [-0.25, -0.2) is 0 Å². The van der Waals surface area contributed by atoms with Crippen LogP contribution < -0.4 is 0 Å². The van der Waals surface area contributed by atoms with Crippen LogP contribution >= 0.6 is 0 Å². The minimum atomic E-state index is -0.735. The summed E-state index contributed by atoms with van der Waals surface area (Å²) in [6.45, 7) is 3.87. The predicted octanol–water partition coefficient (Wildman–Crippen LogP) is 1.58. The van der Waals surface area contributed by atoms with Gasteiger partial charge in [-0.1, -0.05) is 31.2 Å². The van der Waals surface area contributed by atoms with Gasteiger partial charge in [0.2, 0.25) is 0 Å². The number of aliphatic carboxylic acids is 1. The first-order valence-electron chi connectivity index (χ1n) is 7.33.